The molecule has 1 N–H and O–H groups in total. The lowest BCUT2D eigenvalue weighted by Gasteiger charge is -2.07. The van der Waals surface area contributed by atoms with Crippen LogP contribution in [-0.2, 0) is 13.5 Å². The number of nitrogens with zero attached hydrogens (tertiary/aromatic N) is 2. The standard InChI is InChI=1S/C22H23N3O2Si/c1-25-19(15-18-9-12-21(26)24-23-18)10-11-20(25)22(27)17-7-5-16(6-8-17)13-14-28(2,3)4/h5-12H,15H2,1-4H3,(H,24,26). The van der Waals surface area contributed by atoms with Crippen molar-refractivity contribution < 1.29 is 4.79 Å². The summed E-state index contributed by atoms with van der Waals surface area (Å²) in [6.07, 6.45) is 0.534. The number of benzene rings is 1. The Morgan fingerprint density at radius 1 is 1.07 bits per heavy atom. The molecule has 142 valence electrons. The van der Waals surface area contributed by atoms with Gasteiger partial charge in [-0.15, -0.1) is 5.54 Å². The summed E-state index contributed by atoms with van der Waals surface area (Å²) in [7, 11) is 0.439. The maximum absolute atomic E-state index is 12.9. The molecule has 1 aromatic carbocycles. The van der Waals surface area contributed by atoms with Crippen LogP contribution in [0.25, 0.3) is 0 Å². The molecule has 2 aromatic heterocycles. The molecule has 6 heteroatoms. The van der Waals surface area contributed by atoms with Gasteiger partial charge in [0.2, 0.25) is 5.78 Å². The number of carbonyl (C=O) groups is 1. The number of rotatable bonds is 4. The number of hydrogen-bond acceptors (Lipinski definition) is 3. The molecule has 0 amide bonds. The quantitative estimate of drug-likeness (QED) is 0.423. The Bertz CT molecular complexity index is 1100. The SMILES string of the molecule is Cn1c(Cc2ccc(=O)[nH]n2)ccc1C(=O)c1ccc(C#C[Si](C)(C)C)cc1. The first-order chi connectivity index (χ1) is 13.2. The Labute approximate surface area is 165 Å². The highest BCUT2D eigenvalue weighted by Gasteiger charge is 2.15. The van der Waals surface area contributed by atoms with E-state index in [1.807, 2.05) is 48.0 Å². The maximum atomic E-state index is 12.9. The summed E-state index contributed by atoms with van der Waals surface area (Å²) in [6.45, 7) is 6.61. The molecule has 3 aromatic rings. The summed E-state index contributed by atoms with van der Waals surface area (Å²) >= 11 is 0. The van der Waals surface area contributed by atoms with E-state index in [4.69, 9.17) is 0 Å². The minimum atomic E-state index is -1.42. The summed E-state index contributed by atoms with van der Waals surface area (Å²) in [5.41, 5.74) is 6.95. The van der Waals surface area contributed by atoms with Crippen LogP contribution in [0, 0.1) is 11.5 Å². The molecular formula is C22H23N3O2Si. The molecular weight excluding hydrogens is 366 g/mol. The van der Waals surface area contributed by atoms with Gasteiger partial charge >= 0.3 is 0 Å². The van der Waals surface area contributed by atoms with E-state index in [1.54, 1.807) is 6.07 Å². The van der Waals surface area contributed by atoms with Gasteiger partial charge in [0.1, 0.15) is 8.07 Å². The van der Waals surface area contributed by atoms with Crippen LogP contribution in [0.15, 0.2) is 53.3 Å². The zero-order valence-electron chi connectivity index (χ0n) is 16.5. The first-order valence-corrected chi connectivity index (χ1v) is 12.6. The van der Waals surface area contributed by atoms with Crippen molar-refractivity contribution in [2.45, 2.75) is 26.1 Å². The van der Waals surface area contributed by atoms with Gasteiger partial charge in [0.05, 0.1) is 11.4 Å². The summed E-state index contributed by atoms with van der Waals surface area (Å²) in [5.74, 6) is 3.17. The van der Waals surface area contributed by atoms with Crippen molar-refractivity contribution in [3.8, 4) is 11.5 Å². The molecule has 0 bridgehead atoms. The van der Waals surface area contributed by atoms with Crippen LogP contribution in [0.4, 0.5) is 0 Å². The number of carbonyl (C=O) groups excluding carboxylic acids is 1. The summed E-state index contributed by atoms with van der Waals surface area (Å²) in [6, 6.07) is 14.3. The zero-order chi connectivity index (χ0) is 20.3. The molecule has 0 saturated carbocycles. The Balaban J connectivity index is 1.79. The molecule has 0 atom stereocenters. The minimum absolute atomic E-state index is 0.0344. The fourth-order valence-corrected chi connectivity index (χ4v) is 3.25. The van der Waals surface area contributed by atoms with Gasteiger partial charge in [-0.05, 0) is 42.5 Å². The molecule has 3 rings (SSSR count). The third kappa shape index (κ3) is 4.75. The van der Waals surface area contributed by atoms with Crippen molar-refractivity contribution in [2.24, 2.45) is 7.05 Å². The number of H-pyrrole nitrogens is 1. The molecule has 28 heavy (non-hydrogen) atoms. The zero-order valence-corrected chi connectivity index (χ0v) is 17.5. The van der Waals surface area contributed by atoms with Gasteiger partial charge in [-0.1, -0.05) is 25.6 Å². The van der Waals surface area contributed by atoms with E-state index in [2.05, 4.69) is 41.3 Å². The predicted molar refractivity (Wildman–Crippen MR) is 113 cm³/mol. The molecule has 0 radical (unpaired) electrons. The van der Waals surface area contributed by atoms with Crippen molar-refractivity contribution >= 4 is 13.9 Å². The van der Waals surface area contributed by atoms with E-state index in [0.29, 0.717) is 17.7 Å². The molecule has 0 aliphatic rings. The van der Waals surface area contributed by atoms with Gasteiger partial charge in [-0.3, -0.25) is 9.59 Å². The molecule has 0 aliphatic carbocycles. The highest BCUT2D eigenvalue weighted by molar-refractivity contribution is 6.83. The molecule has 5 nitrogen and oxygen atoms in total. The van der Waals surface area contributed by atoms with Crippen LogP contribution < -0.4 is 5.56 Å². The fourth-order valence-electron chi connectivity index (χ4n) is 2.73. The third-order valence-electron chi connectivity index (χ3n) is 4.29. The Hall–Kier alpha value is -3.17. The lowest BCUT2D eigenvalue weighted by atomic mass is 10.1. The van der Waals surface area contributed by atoms with Gasteiger partial charge in [-0.25, -0.2) is 5.10 Å². The minimum Gasteiger partial charge on any atom is -0.345 e. The van der Waals surface area contributed by atoms with Crippen LogP contribution in [0.1, 0.15) is 33.0 Å². The monoisotopic (exact) mass is 389 g/mol. The highest BCUT2D eigenvalue weighted by atomic mass is 28.3. The van der Waals surface area contributed by atoms with Crippen molar-refractivity contribution in [1.29, 1.82) is 0 Å². The Kier molecular flexibility index (Phi) is 5.47. The van der Waals surface area contributed by atoms with Gasteiger partial charge in [0.15, 0.2) is 0 Å². The molecule has 2 heterocycles. The van der Waals surface area contributed by atoms with Gasteiger partial charge < -0.3 is 4.57 Å². The van der Waals surface area contributed by atoms with E-state index >= 15 is 0 Å². The smallest absolute Gasteiger partial charge is 0.264 e. The maximum Gasteiger partial charge on any atom is 0.264 e. The second kappa shape index (κ2) is 7.83. The van der Waals surface area contributed by atoms with Crippen molar-refractivity contribution in [3.05, 3.63) is 87.1 Å². The molecule has 0 fully saturated rings. The summed E-state index contributed by atoms with van der Waals surface area (Å²) in [4.78, 5) is 24.0. The van der Waals surface area contributed by atoms with E-state index in [9.17, 15) is 9.59 Å². The normalized spacial score (nSPS) is 11.0. The average molecular weight is 390 g/mol. The van der Waals surface area contributed by atoms with Gasteiger partial charge in [-0.2, -0.15) is 5.10 Å². The topological polar surface area (TPSA) is 67.8 Å². The summed E-state index contributed by atoms with van der Waals surface area (Å²) in [5, 5.41) is 6.45. The largest absolute Gasteiger partial charge is 0.345 e. The number of aromatic nitrogens is 3. The first-order valence-electron chi connectivity index (χ1n) is 9.10. The number of nitrogens with one attached hydrogen (secondary N) is 1. The number of aromatic amines is 1. The first kappa shape index (κ1) is 19.6. The van der Waals surface area contributed by atoms with Crippen LogP contribution in [-0.4, -0.2) is 28.6 Å². The van der Waals surface area contributed by atoms with E-state index in [0.717, 1.165) is 17.0 Å². The number of ketones is 1. The van der Waals surface area contributed by atoms with Gasteiger partial charge in [0, 0.05) is 36.4 Å². The Morgan fingerprint density at radius 2 is 1.79 bits per heavy atom. The second-order valence-electron chi connectivity index (χ2n) is 7.76. The molecule has 0 saturated heterocycles. The van der Waals surface area contributed by atoms with Crippen LogP contribution in [0.3, 0.4) is 0 Å². The average Bonchev–Trinajstić information content (AvgIpc) is 3.01. The second-order valence-corrected chi connectivity index (χ2v) is 12.5. The van der Waals surface area contributed by atoms with Crippen molar-refractivity contribution in [2.75, 3.05) is 0 Å². The fraction of sp³-hybridized carbons (Fsp3) is 0.227. The van der Waals surface area contributed by atoms with Crippen LogP contribution >= 0.6 is 0 Å². The van der Waals surface area contributed by atoms with E-state index < -0.39 is 8.07 Å². The lowest BCUT2D eigenvalue weighted by Crippen LogP contribution is -2.16. The van der Waals surface area contributed by atoms with Crippen molar-refractivity contribution in [1.82, 2.24) is 14.8 Å². The van der Waals surface area contributed by atoms with Crippen LogP contribution in [0.5, 0.6) is 0 Å². The molecule has 0 aliphatic heterocycles. The molecule has 0 spiro atoms. The van der Waals surface area contributed by atoms with Gasteiger partial charge in [0.25, 0.3) is 5.56 Å². The third-order valence-corrected chi connectivity index (χ3v) is 5.16. The van der Waals surface area contributed by atoms with Crippen LogP contribution in [0.2, 0.25) is 19.6 Å². The van der Waals surface area contributed by atoms with Crippen molar-refractivity contribution in [3.63, 3.8) is 0 Å². The lowest BCUT2D eigenvalue weighted by molar-refractivity contribution is 0.103. The van der Waals surface area contributed by atoms with E-state index in [1.165, 1.54) is 6.07 Å². The number of hydrogen-bond donors (Lipinski definition) is 1. The highest BCUT2D eigenvalue weighted by Crippen LogP contribution is 2.16. The Morgan fingerprint density at radius 3 is 2.39 bits per heavy atom. The predicted octanol–water partition coefficient (Wildman–Crippen LogP) is 3.16. The summed E-state index contributed by atoms with van der Waals surface area (Å²) < 4.78 is 1.87. The van der Waals surface area contributed by atoms with E-state index in [-0.39, 0.29) is 11.3 Å². The molecule has 0 unspecified atom stereocenters.